The lowest BCUT2D eigenvalue weighted by molar-refractivity contribution is 1.46. The van der Waals surface area contributed by atoms with Crippen LogP contribution in [0.5, 0.6) is 0 Å². The Bertz CT molecular complexity index is 527. The zero-order valence-corrected chi connectivity index (χ0v) is 15.4. The summed E-state index contributed by atoms with van der Waals surface area (Å²) in [5.41, 5.74) is 7.85. The van der Waals surface area contributed by atoms with Gasteiger partial charge >= 0.3 is 0 Å². The van der Waals surface area contributed by atoms with Crippen molar-refractivity contribution in [2.45, 2.75) is 13.8 Å². The van der Waals surface area contributed by atoms with Crippen molar-refractivity contribution in [3.63, 3.8) is 0 Å². The fourth-order valence-corrected chi connectivity index (χ4v) is 2.99. The third-order valence-electron chi connectivity index (χ3n) is 2.55. The first-order valence-electron chi connectivity index (χ1n) is 5.54. The van der Waals surface area contributed by atoms with Gasteiger partial charge in [0.25, 0.3) is 0 Å². The van der Waals surface area contributed by atoms with Crippen LogP contribution >= 0.6 is 62.3 Å². The number of nitrogen functional groups attached to an aromatic ring is 1. The molecule has 2 aromatic carbocycles. The molecule has 0 aliphatic carbocycles. The van der Waals surface area contributed by atoms with Crippen LogP contribution in [0.15, 0.2) is 28.7 Å². The van der Waals surface area contributed by atoms with Gasteiger partial charge in [0.05, 0.1) is 0 Å². The minimum absolute atomic E-state index is 0.598. The van der Waals surface area contributed by atoms with Crippen molar-refractivity contribution in [3.8, 4) is 0 Å². The molecule has 1 nitrogen and oxygen atoms in total. The van der Waals surface area contributed by atoms with Gasteiger partial charge in [-0.3, -0.25) is 0 Å². The van der Waals surface area contributed by atoms with Crippen molar-refractivity contribution in [2.24, 2.45) is 0 Å². The van der Waals surface area contributed by atoms with Crippen LogP contribution in [0, 0.1) is 13.8 Å². The van der Waals surface area contributed by atoms with Gasteiger partial charge in [0.1, 0.15) is 0 Å². The smallest absolute Gasteiger partial charge is 0.0470 e. The van der Waals surface area contributed by atoms with Gasteiger partial charge in [-0.15, -0.1) is 0 Å². The van der Waals surface area contributed by atoms with Gasteiger partial charge in [0.15, 0.2) is 0 Å². The predicted octanol–water partition coefficient (Wildman–Crippen LogP) is 6.95. The Morgan fingerprint density at radius 3 is 1.40 bits per heavy atom. The SMILES string of the molecule is Cc1c(Cl)cc(Br)cc1Cl.Cc1c(Cl)cc(N)cc1Cl. The molecule has 0 spiro atoms. The third kappa shape index (κ3) is 5.01. The summed E-state index contributed by atoms with van der Waals surface area (Å²) in [7, 11) is 0. The van der Waals surface area contributed by atoms with Gasteiger partial charge in [0, 0.05) is 30.3 Å². The van der Waals surface area contributed by atoms with Gasteiger partial charge in [-0.1, -0.05) is 62.3 Å². The lowest BCUT2D eigenvalue weighted by atomic mass is 10.2. The van der Waals surface area contributed by atoms with E-state index in [-0.39, 0.29) is 0 Å². The minimum atomic E-state index is 0.598. The van der Waals surface area contributed by atoms with E-state index in [1.807, 2.05) is 26.0 Å². The van der Waals surface area contributed by atoms with Crippen LogP contribution in [-0.2, 0) is 0 Å². The Hall–Kier alpha value is -0.120. The van der Waals surface area contributed by atoms with Gasteiger partial charge in [0.2, 0.25) is 0 Å². The van der Waals surface area contributed by atoms with E-state index in [1.165, 1.54) is 0 Å². The predicted molar refractivity (Wildman–Crippen MR) is 94.5 cm³/mol. The molecule has 2 aromatic rings. The number of anilines is 1. The molecule has 20 heavy (non-hydrogen) atoms. The van der Waals surface area contributed by atoms with Crippen molar-refractivity contribution in [1.82, 2.24) is 0 Å². The zero-order valence-electron chi connectivity index (χ0n) is 10.8. The monoisotopic (exact) mass is 413 g/mol. The number of benzene rings is 2. The van der Waals surface area contributed by atoms with Crippen LogP contribution in [0.3, 0.4) is 0 Å². The molecule has 0 radical (unpaired) electrons. The van der Waals surface area contributed by atoms with Crippen molar-refractivity contribution >= 4 is 68.0 Å². The molecule has 0 saturated carbocycles. The van der Waals surface area contributed by atoms with Gasteiger partial charge < -0.3 is 5.73 Å². The second-order valence-electron chi connectivity index (χ2n) is 4.10. The molecule has 108 valence electrons. The van der Waals surface area contributed by atoms with Crippen LogP contribution in [-0.4, -0.2) is 0 Å². The van der Waals surface area contributed by atoms with Crippen LogP contribution in [0.1, 0.15) is 11.1 Å². The lowest BCUT2D eigenvalue weighted by Gasteiger charge is -2.01. The maximum absolute atomic E-state index is 5.80. The molecule has 0 unspecified atom stereocenters. The summed E-state index contributed by atoms with van der Waals surface area (Å²) in [4.78, 5) is 0. The molecule has 0 aliphatic heterocycles. The fraction of sp³-hybridized carbons (Fsp3) is 0.143. The Morgan fingerprint density at radius 2 is 1.05 bits per heavy atom. The molecule has 0 aromatic heterocycles. The molecule has 2 N–H and O–H groups in total. The number of hydrogen-bond acceptors (Lipinski definition) is 1. The average Bonchev–Trinajstić information content (AvgIpc) is 2.33. The van der Waals surface area contributed by atoms with E-state index in [2.05, 4.69) is 15.9 Å². The summed E-state index contributed by atoms with van der Waals surface area (Å²) in [6, 6.07) is 7.01. The maximum atomic E-state index is 5.80. The first-order chi connectivity index (χ1) is 9.22. The molecular weight excluding hydrogens is 404 g/mol. The van der Waals surface area contributed by atoms with Crippen molar-refractivity contribution in [3.05, 3.63) is 60.0 Å². The molecule has 0 amide bonds. The van der Waals surface area contributed by atoms with E-state index < -0.39 is 0 Å². The topological polar surface area (TPSA) is 26.0 Å². The Labute approximate surface area is 147 Å². The van der Waals surface area contributed by atoms with E-state index in [4.69, 9.17) is 52.1 Å². The molecule has 0 aliphatic rings. The van der Waals surface area contributed by atoms with Gasteiger partial charge in [-0.25, -0.2) is 0 Å². The van der Waals surface area contributed by atoms with Crippen molar-refractivity contribution in [1.29, 1.82) is 0 Å². The van der Waals surface area contributed by atoms with Gasteiger partial charge in [-0.2, -0.15) is 0 Å². The molecule has 0 atom stereocenters. The molecule has 0 bridgehead atoms. The summed E-state index contributed by atoms with van der Waals surface area (Å²) in [5, 5.41) is 2.62. The number of halogens is 5. The number of hydrogen-bond donors (Lipinski definition) is 1. The summed E-state index contributed by atoms with van der Waals surface area (Å²) >= 11 is 26.4. The van der Waals surface area contributed by atoms with Crippen LogP contribution in [0.4, 0.5) is 5.69 Å². The largest absolute Gasteiger partial charge is 0.399 e. The van der Waals surface area contributed by atoms with E-state index in [0.717, 1.165) is 15.6 Å². The molecule has 0 fully saturated rings. The molecular formula is C14H12BrCl4N. The summed E-state index contributed by atoms with van der Waals surface area (Å²) < 4.78 is 0.910. The number of rotatable bonds is 0. The highest BCUT2D eigenvalue weighted by molar-refractivity contribution is 9.10. The molecule has 6 heteroatoms. The highest BCUT2D eigenvalue weighted by Gasteiger charge is 2.01. The zero-order chi connectivity index (χ0) is 15.4. The van der Waals surface area contributed by atoms with Gasteiger partial charge in [-0.05, 0) is 49.2 Å². The van der Waals surface area contributed by atoms with Crippen LogP contribution in [0.25, 0.3) is 0 Å². The second-order valence-corrected chi connectivity index (χ2v) is 6.65. The van der Waals surface area contributed by atoms with E-state index in [0.29, 0.717) is 25.8 Å². The molecule has 2 rings (SSSR count). The summed E-state index contributed by atoms with van der Waals surface area (Å²) in [5.74, 6) is 0. The normalized spacial score (nSPS) is 9.95. The Morgan fingerprint density at radius 1 is 0.750 bits per heavy atom. The Balaban J connectivity index is 0.000000200. The highest BCUT2D eigenvalue weighted by atomic mass is 79.9. The standard InChI is InChI=1S/C7H5BrCl2.C7H7Cl2N/c1-4-6(9)2-5(8)3-7(4)10;1-4-6(8)2-5(10)3-7(4)9/h2-3H,1H3;2-3H,10H2,1H3. The van der Waals surface area contributed by atoms with Crippen molar-refractivity contribution < 1.29 is 0 Å². The van der Waals surface area contributed by atoms with E-state index in [1.54, 1.807) is 12.1 Å². The van der Waals surface area contributed by atoms with E-state index >= 15 is 0 Å². The first-order valence-corrected chi connectivity index (χ1v) is 7.85. The highest BCUT2D eigenvalue weighted by Crippen LogP contribution is 2.28. The Kier molecular flexibility index (Phi) is 6.96. The maximum Gasteiger partial charge on any atom is 0.0470 e. The van der Waals surface area contributed by atoms with Crippen LogP contribution < -0.4 is 5.73 Å². The lowest BCUT2D eigenvalue weighted by Crippen LogP contribution is -1.86. The average molecular weight is 416 g/mol. The molecule has 0 heterocycles. The minimum Gasteiger partial charge on any atom is -0.399 e. The third-order valence-corrected chi connectivity index (χ3v) is 4.58. The van der Waals surface area contributed by atoms with Crippen molar-refractivity contribution in [2.75, 3.05) is 5.73 Å². The van der Waals surface area contributed by atoms with E-state index in [9.17, 15) is 0 Å². The molecule has 0 saturated heterocycles. The fourth-order valence-electron chi connectivity index (χ4n) is 1.28. The summed E-state index contributed by atoms with van der Waals surface area (Å²) in [6.07, 6.45) is 0. The first kappa shape index (κ1) is 17.9. The second kappa shape index (κ2) is 7.77. The number of nitrogens with two attached hydrogens (primary N) is 1. The summed E-state index contributed by atoms with van der Waals surface area (Å²) in [6.45, 7) is 3.74. The van der Waals surface area contributed by atoms with Crippen LogP contribution in [0.2, 0.25) is 20.1 Å². The quantitative estimate of drug-likeness (QED) is 0.463.